The Morgan fingerprint density at radius 1 is 1.71 bits per heavy atom. The van der Waals surface area contributed by atoms with Crippen LogP contribution < -0.4 is 0 Å². The molecule has 1 unspecified atom stereocenters. The molecule has 0 saturated carbocycles. The maximum Gasteiger partial charge on any atom is 0.141 e. The molecule has 0 aromatic heterocycles. The number of rotatable bonds is 0. The van der Waals surface area contributed by atoms with Crippen molar-refractivity contribution in [1.29, 1.82) is 0 Å². The summed E-state index contributed by atoms with van der Waals surface area (Å²) in [4.78, 5) is 0. The van der Waals surface area contributed by atoms with Crippen LogP contribution in [0.25, 0.3) is 0 Å². The molecule has 0 aromatic rings. The Morgan fingerprint density at radius 3 is 2.57 bits per heavy atom. The van der Waals surface area contributed by atoms with Gasteiger partial charge in [0.05, 0.1) is 13.6 Å². The van der Waals surface area contributed by atoms with Crippen LogP contribution in [0.5, 0.6) is 0 Å². The van der Waals surface area contributed by atoms with E-state index >= 15 is 0 Å². The van der Waals surface area contributed by atoms with Gasteiger partial charge in [0, 0.05) is 12.8 Å². The van der Waals surface area contributed by atoms with Gasteiger partial charge in [0.25, 0.3) is 0 Å². The fourth-order valence-electron chi connectivity index (χ4n) is 0.861. The molecule has 1 rings (SSSR count). The molecule has 41 valence electrons. The molecule has 0 N–H and O–H groups in total. The van der Waals surface area contributed by atoms with Gasteiger partial charge in [0.2, 0.25) is 0 Å². The van der Waals surface area contributed by atoms with Crippen molar-refractivity contribution in [3.05, 3.63) is 11.8 Å². The van der Waals surface area contributed by atoms with E-state index in [9.17, 15) is 5.21 Å². The van der Waals surface area contributed by atoms with Crippen LogP contribution >= 0.6 is 0 Å². The molecule has 1 radical (unpaired) electrons. The molecule has 0 amide bonds. The Hall–Kier alpha value is -0.0800. The van der Waals surface area contributed by atoms with E-state index in [1.807, 2.05) is 0 Å². The Balaban J connectivity index is 2.40. The quantitative estimate of drug-likeness (QED) is 0.327. The molecule has 1 aliphatic heterocycles. The summed E-state index contributed by atoms with van der Waals surface area (Å²) in [6.07, 6.45) is 2.07. The summed E-state index contributed by atoms with van der Waals surface area (Å²) in [6, 6.07) is 0. The van der Waals surface area contributed by atoms with Crippen molar-refractivity contribution in [2.75, 3.05) is 13.6 Å². The minimum atomic E-state index is -0.125. The second kappa shape index (κ2) is 1.46. The lowest BCUT2D eigenvalue weighted by Gasteiger charge is -2.31. The van der Waals surface area contributed by atoms with E-state index in [0.29, 0.717) is 0 Å². The van der Waals surface area contributed by atoms with Gasteiger partial charge >= 0.3 is 0 Å². The van der Waals surface area contributed by atoms with E-state index < -0.39 is 0 Å². The molecule has 7 heavy (non-hydrogen) atoms. The minimum Gasteiger partial charge on any atom is -0.633 e. The van der Waals surface area contributed by atoms with Crippen LogP contribution in [-0.4, -0.2) is 18.2 Å². The lowest BCUT2D eigenvalue weighted by atomic mass is 10.4. The average Bonchev–Trinajstić information content (AvgIpc) is 1.84. The second-order valence-corrected chi connectivity index (χ2v) is 2.22. The number of hydrogen-bond acceptors (Lipinski definition) is 1. The molecule has 1 saturated heterocycles. The summed E-state index contributed by atoms with van der Waals surface area (Å²) in [5.41, 5.74) is 0. The monoisotopic (exact) mass is 100 g/mol. The summed E-state index contributed by atoms with van der Waals surface area (Å²) in [5.74, 6) is 0. The van der Waals surface area contributed by atoms with Gasteiger partial charge in [-0.05, 0) is 0 Å². The Labute approximate surface area is 43.9 Å². The SMILES string of the molecule is C[N+]1([O-])[CH]CCC1. The zero-order chi connectivity index (χ0) is 5.33. The lowest BCUT2D eigenvalue weighted by molar-refractivity contribution is -0.818. The van der Waals surface area contributed by atoms with E-state index in [1.165, 1.54) is 0 Å². The minimum absolute atomic E-state index is 0.125. The molecule has 1 aliphatic rings. The van der Waals surface area contributed by atoms with Crippen LogP contribution in [0.15, 0.2) is 0 Å². The Kier molecular flexibility index (Phi) is 1.05. The van der Waals surface area contributed by atoms with Crippen molar-refractivity contribution in [3.63, 3.8) is 0 Å². The summed E-state index contributed by atoms with van der Waals surface area (Å²) < 4.78 is -0.125. The summed E-state index contributed by atoms with van der Waals surface area (Å²) in [7, 11) is 1.69. The molecular formula is C5H10NO. The van der Waals surface area contributed by atoms with Gasteiger partial charge in [-0.25, -0.2) is 0 Å². The lowest BCUT2D eigenvalue weighted by Crippen LogP contribution is -2.29. The van der Waals surface area contributed by atoms with Crippen molar-refractivity contribution >= 4 is 0 Å². The van der Waals surface area contributed by atoms with Crippen LogP contribution in [-0.2, 0) is 0 Å². The van der Waals surface area contributed by atoms with Gasteiger partial charge < -0.3 is 9.85 Å². The van der Waals surface area contributed by atoms with Crippen molar-refractivity contribution in [2.45, 2.75) is 12.8 Å². The fourth-order valence-corrected chi connectivity index (χ4v) is 0.861. The smallest absolute Gasteiger partial charge is 0.141 e. The summed E-state index contributed by atoms with van der Waals surface area (Å²) >= 11 is 0. The number of quaternary nitrogens is 1. The number of likely N-dealkylation sites (tertiary alicyclic amines) is 1. The van der Waals surface area contributed by atoms with Crippen LogP contribution in [0.2, 0.25) is 0 Å². The zero-order valence-electron chi connectivity index (χ0n) is 4.55. The van der Waals surface area contributed by atoms with Crippen LogP contribution in [0, 0.1) is 11.8 Å². The van der Waals surface area contributed by atoms with Gasteiger partial charge in [-0.1, -0.05) is 0 Å². The maximum absolute atomic E-state index is 10.8. The van der Waals surface area contributed by atoms with Crippen molar-refractivity contribution in [2.24, 2.45) is 0 Å². The van der Waals surface area contributed by atoms with Gasteiger partial charge in [-0.15, -0.1) is 0 Å². The molecule has 0 aromatic carbocycles. The van der Waals surface area contributed by atoms with Gasteiger partial charge in [-0.3, -0.25) is 0 Å². The van der Waals surface area contributed by atoms with Crippen LogP contribution in [0.3, 0.4) is 0 Å². The largest absolute Gasteiger partial charge is 0.633 e. The molecule has 0 aliphatic carbocycles. The Morgan fingerprint density at radius 2 is 2.43 bits per heavy atom. The van der Waals surface area contributed by atoms with Crippen molar-refractivity contribution < 1.29 is 4.65 Å². The highest BCUT2D eigenvalue weighted by Crippen LogP contribution is 2.17. The van der Waals surface area contributed by atoms with Crippen LogP contribution in [0.4, 0.5) is 0 Å². The highest BCUT2D eigenvalue weighted by Gasteiger charge is 2.17. The first-order valence-electron chi connectivity index (χ1n) is 2.61. The zero-order valence-corrected chi connectivity index (χ0v) is 4.55. The summed E-state index contributed by atoms with van der Waals surface area (Å²) in [6.45, 7) is 2.58. The van der Waals surface area contributed by atoms with E-state index in [0.717, 1.165) is 19.4 Å². The Bertz CT molecular complexity index is 62.5. The molecule has 1 fully saturated rings. The first kappa shape index (κ1) is 5.06. The molecule has 1 heterocycles. The topological polar surface area (TPSA) is 23.1 Å². The number of hydrogen-bond donors (Lipinski definition) is 0. The van der Waals surface area contributed by atoms with Crippen molar-refractivity contribution in [1.82, 2.24) is 0 Å². The predicted octanol–water partition coefficient (Wildman–Crippen LogP) is 0.886. The highest BCUT2D eigenvalue weighted by atomic mass is 16.5. The van der Waals surface area contributed by atoms with Gasteiger partial charge in [0.15, 0.2) is 0 Å². The maximum atomic E-state index is 10.8. The first-order valence-corrected chi connectivity index (χ1v) is 2.61. The molecule has 1 atom stereocenters. The third kappa shape index (κ3) is 1.14. The molecular weight excluding hydrogens is 90.1 g/mol. The molecule has 0 spiro atoms. The van der Waals surface area contributed by atoms with Crippen LogP contribution in [0.1, 0.15) is 12.8 Å². The van der Waals surface area contributed by atoms with Crippen molar-refractivity contribution in [3.8, 4) is 0 Å². The molecule has 2 nitrogen and oxygen atoms in total. The third-order valence-electron chi connectivity index (χ3n) is 1.32. The molecule has 2 heteroatoms. The average molecular weight is 100 g/mol. The second-order valence-electron chi connectivity index (χ2n) is 2.22. The highest BCUT2D eigenvalue weighted by molar-refractivity contribution is 4.61. The summed E-state index contributed by atoms with van der Waals surface area (Å²) in [5, 5.41) is 10.8. The number of nitrogens with zero attached hydrogens (tertiary/aromatic N) is 1. The van der Waals surface area contributed by atoms with Gasteiger partial charge in [0.1, 0.15) is 6.54 Å². The van der Waals surface area contributed by atoms with E-state index in [1.54, 1.807) is 13.6 Å². The molecule has 0 bridgehead atoms. The van der Waals surface area contributed by atoms with Gasteiger partial charge in [-0.2, -0.15) is 0 Å². The van der Waals surface area contributed by atoms with E-state index in [2.05, 4.69) is 0 Å². The fraction of sp³-hybridized carbons (Fsp3) is 0.800. The third-order valence-corrected chi connectivity index (χ3v) is 1.32. The standard InChI is InChI=1S/C5H10NO/c1-6(7)4-2-3-5-6/h4H,2-3,5H2,1H3. The normalized spacial score (nSPS) is 28.3. The van der Waals surface area contributed by atoms with E-state index in [-0.39, 0.29) is 4.65 Å². The van der Waals surface area contributed by atoms with E-state index in [4.69, 9.17) is 0 Å². The first-order chi connectivity index (χ1) is 3.21. The number of hydroxylamine groups is 3. The predicted molar refractivity (Wildman–Crippen MR) is 28.0 cm³/mol.